The molecule has 0 unspecified atom stereocenters. The molecule has 2 aromatic rings. The molecule has 6 nitrogen and oxygen atoms in total. The molecule has 0 radical (unpaired) electrons. The van der Waals surface area contributed by atoms with Crippen molar-refractivity contribution >= 4 is 41.7 Å². The Hall–Kier alpha value is -1.29. The minimum absolute atomic E-state index is 0. The summed E-state index contributed by atoms with van der Waals surface area (Å²) in [5, 5.41) is 16.4. The summed E-state index contributed by atoms with van der Waals surface area (Å²) in [5.74, 6) is 2.47. The molecule has 0 aliphatic carbocycles. The summed E-state index contributed by atoms with van der Waals surface area (Å²) >= 11 is 1.66. The molecular weight excluding hydrogens is 471 g/mol. The minimum atomic E-state index is 0. The average Bonchev–Trinajstić information content (AvgIpc) is 3.03. The van der Waals surface area contributed by atoms with Gasteiger partial charge in [0.25, 0.3) is 0 Å². The van der Waals surface area contributed by atoms with Crippen LogP contribution in [0, 0.1) is 5.92 Å². The zero-order valence-corrected chi connectivity index (χ0v) is 19.8. The van der Waals surface area contributed by atoms with Crippen molar-refractivity contribution in [1.29, 1.82) is 0 Å². The van der Waals surface area contributed by atoms with Crippen molar-refractivity contribution in [2.24, 2.45) is 10.9 Å². The van der Waals surface area contributed by atoms with Gasteiger partial charge in [-0.15, -0.1) is 34.2 Å². The predicted octanol–water partition coefficient (Wildman–Crippen LogP) is 3.57. The molecule has 2 N–H and O–H groups in total. The Kier molecular flexibility index (Phi) is 11.4. The van der Waals surface area contributed by atoms with Crippen molar-refractivity contribution in [1.82, 2.24) is 25.4 Å². The second kappa shape index (κ2) is 13.0. The lowest BCUT2D eigenvalue weighted by molar-refractivity contribution is 0.477. The standard InChI is InChI=1S/C19H30N6S.HI/c1-15(2)14-25-17(23-24-19(25)26-4)11-8-12-21-18(20-3)22-13-16-9-6-5-7-10-16;/h5-7,9-10,15H,8,11-14H2,1-4H3,(H2,20,21,22);1H. The highest BCUT2D eigenvalue weighted by Gasteiger charge is 2.12. The normalized spacial score (nSPS) is 11.4. The smallest absolute Gasteiger partial charge is 0.191 e. The molecule has 8 heteroatoms. The molecule has 1 aromatic carbocycles. The van der Waals surface area contributed by atoms with E-state index in [1.807, 2.05) is 18.2 Å². The molecule has 0 saturated carbocycles. The number of aliphatic imine (C=N–C) groups is 1. The zero-order valence-electron chi connectivity index (χ0n) is 16.6. The van der Waals surface area contributed by atoms with Gasteiger partial charge < -0.3 is 15.2 Å². The number of hydrogen-bond acceptors (Lipinski definition) is 4. The number of benzene rings is 1. The third-order valence-electron chi connectivity index (χ3n) is 3.92. The van der Waals surface area contributed by atoms with Gasteiger partial charge in [-0.1, -0.05) is 55.9 Å². The Morgan fingerprint density at radius 3 is 2.56 bits per heavy atom. The summed E-state index contributed by atoms with van der Waals surface area (Å²) in [7, 11) is 1.80. The van der Waals surface area contributed by atoms with E-state index in [0.717, 1.165) is 49.4 Å². The van der Waals surface area contributed by atoms with E-state index in [-0.39, 0.29) is 24.0 Å². The highest BCUT2D eigenvalue weighted by Crippen LogP contribution is 2.16. The fourth-order valence-corrected chi connectivity index (χ4v) is 3.18. The van der Waals surface area contributed by atoms with Gasteiger partial charge >= 0.3 is 0 Å². The highest BCUT2D eigenvalue weighted by molar-refractivity contribution is 14.0. The number of guanidine groups is 1. The number of nitrogens with zero attached hydrogens (tertiary/aromatic N) is 4. The van der Waals surface area contributed by atoms with Crippen LogP contribution in [0.1, 0.15) is 31.7 Å². The lowest BCUT2D eigenvalue weighted by Crippen LogP contribution is -2.37. The zero-order chi connectivity index (χ0) is 18.8. The van der Waals surface area contributed by atoms with E-state index in [1.165, 1.54) is 5.56 Å². The van der Waals surface area contributed by atoms with Crippen LogP contribution >= 0.6 is 35.7 Å². The van der Waals surface area contributed by atoms with Gasteiger partial charge in [0.1, 0.15) is 5.82 Å². The van der Waals surface area contributed by atoms with Crippen LogP contribution in [0.25, 0.3) is 0 Å². The SMILES string of the molecule is CN=C(NCCCc1nnc(SC)n1CC(C)C)NCc1ccccc1.I. The Morgan fingerprint density at radius 2 is 1.93 bits per heavy atom. The summed E-state index contributed by atoms with van der Waals surface area (Å²) < 4.78 is 2.25. The van der Waals surface area contributed by atoms with Gasteiger partial charge in [-0.2, -0.15) is 0 Å². The maximum Gasteiger partial charge on any atom is 0.191 e. The molecule has 0 spiro atoms. The quantitative estimate of drug-likeness (QED) is 0.181. The second-order valence-electron chi connectivity index (χ2n) is 6.55. The van der Waals surface area contributed by atoms with Crippen molar-refractivity contribution in [2.75, 3.05) is 19.8 Å². The number of nitrogens with one attached hydrogen (secondary N) is 2. The molecule has 150 valence electrons. The largest absolute Gasteiger partial charge is 0.356 e. The van der Waals surface area contributed by atoms with Gasteiger partial charge in [0.2, 0.25) is 0 Å². The molecule has 0 saturated heterocycles. The summed E-state index contributed by atoms with van der Waals surface area (Å²) in [4.78, 5) is 4.28. The fraction of sp³-hybridized carbons (Fsp3) is 0.526. The molecule has 0 fully saturated rings. The number of aryl methyl sites for hydroxylation is 1. The Balaban J connectivity index is 0.00000364. The first-order chi connectivity index (χ1) is 12.6. The lowest BCUT2D eigenvalue weighted by Gasteiger charge is -2.13. The van der Waals surface area contributed by atoms with Crippen LogP contribution in [0.5, 0.6) is 0 Å². The van der Waals surface area contributed by atoms with Crippen molar-refractivity contribution in [3.05, 3.63) is 41.7 Å². The lowest BCUT2D eigenvalue weighted by atomic mass is 10.2. The van der Waals surface area contributed by atoms with E-state index in [4.69, 9.17) is 0 Å². The maximum absolute atomic E-state index is 4.37. The van der Waals surface area contributed by atoms with Crippen LogP contribution in [-0.2, 0) is 19.5 Å². The topological polar surface area (TPSA) is 67.1 Å². The number of thioether (sulfide) groups is 1. The molecule has 1 heterocycles. The van der Waals surface area contributed by atoms with Crippen molar-refractivity contribution in [2.45, 2.75) is 44.9 Å². The van der Waals surface area contributed by atoms with Crippen LogP contribution in [0.4, 0.5) is 0 Å². The Labute approximate surface area is 184 Å². The van der Waals surface area contributed by atoms with Gasteiger partial charge in [0, 0.05) is 33.1 Å². The van der Waals surface area contributed by atoms with Crippen LogP contribution in [-0.4, -0.2) is 40.6 Å². The first kappa shape index (κ1) is 23.7. The van der Waals surface area contributed by atoms with Crippen LogP contribution in [0.2, 0.25) is 0 Å². The first-order valence-corrected chi connectivity index (χ1v) is 10.3. The maximum atomic E-state index is 4.37. The third-order valence-corrected chi connectivity index (χ3v) is 4.59. The van der Waals surface area contributed by atoms with Crippen LogP contribution in [0.15, 0.2) is 40.5 Å². The van der Waals surface area contributed by atoms with E-state index in [0.29, 0.717) is 5.92 Å². The summed E-state index contributed by atoms with van der Waals surface area (Å²) in [6.07, 6.45) is 3.94. The predicted molar refractivity (Wildman–Crippen MR) is 125 cm³/mol. The molecule has 0 aliphatic rings. The summed E-state index contributed by atoms with van der Waals surface area (Å²) in [6.45, 7) is 7.01. The van der Waals surface area contributed by atoms with E-state index in [2.05, 4.69) is 62.6 Å². The van der Waals surface area contributed by atoms with E-state index in [9.17, 15) is 0 Å². The minimum Gasteiger partial charge on any atom is -0.356 e. The molecule has 0 bridgehead atoms. The van der Waals surface area contributed by atoms with Crippen molar-refractivity contribution < 1.29 is 0 Å². The summed E-state index contributed by atoms with van der Waals surface area (Å²) in [6, 6.07) is 10.3. The van der Waals surface area contributed by atoms with E-state index >= 15 is 0 Å². The average molecular weight is 502 g/mol. The van der Waals surface area contributed by atoms with Crippen LogP contribution < -0.4 is 10.6 Å². The number of aromatic nitrogens is 3. The van der Waals surface area contributed by atoms with Gasteiger partial charge in [-0.25, -0.2) is 0 Å². The van der Waals surface area contributed by atoms with Gasteiger partial charge in [-0.3, -0.25) is 4.99 Å². The Morgan fingerprint density at radius 1 is 1.19 bits per heavy atom. The molecule has 2 rings (SSSR count). The first-order valence-electron chi connectivity index (χ1n) is 9.08. The second-order valence-corrected chi connectivity index (χ2v) is 7.32. The third kappa shape index (κ3) is 8.08. The molecule has 0 atom stereocenters. The highest BCUT2D eigenvalue weighted by atomic mass is 127. The van der Waals surface area contributed by atoms with E-state index in [1.54, 1.807) is 18.8 Å². The van der Waals surface area contributed by atoms with Gasteiger partial charge in [0.15, 0.2) is 11.1 Å². The van der Waals surface area contributed by atoms with Crippen molar-refractivity contribution in [3.63, 3.8) is 0 Å². The van der Waals surface area contributed by atoms with Gasteiger partial charge in [0.05, 0.1) is 0 Å². The number of hydrogen-bond donors (Lipinski definition) is 2. The monoisotopic (exact) mass is 502 g/mol. The van der Waals surface area contributed by atoms with E-state index < -0.39 is 0 Å². The van der Waals surface area contributed by atoms with Crippen molar-refractivity contribution in [3.8, 4) is 0 Å². The molecule has 0 amide bonds. The fourth-order valence-electron chi connectivity index (χ4n) is 2.66. The molecule has 1 aromatic heterocycles. The Bertz CT molecular complexity index is 687. The molecular formula is C19H31IN6S. The van der Waals surface area contributed by atoms with Crippen LogP contribution in [0.3, 0.4) is 0 Å². The molecule has 0 aliphatic heterocycles. The molecule has 27 heavy (non-hydrogen) atoms. The number of rotatable bonds is 9. The summed E-state index contributed by atoms with van der Waals surface area (Å²) in [5.41, 5.74) is 1.24. The van der Waals surface area contributed by atoms with Gasteiger partial charge in [-0.05, 0) is 24.2 Å². The number of halogens is 1.